The van der Waals surface area contributed by atoms with Gasteiger partial charge in [-0.15, -0.1) is 24.2 Å². The van der Waals surface area contributed by atoms with Gasteiger partial charge in [-0.1, -0.05) is 41.7 Å². The number of fused-ring (bicyclic) bond motifs is 2. The van der Waals surface area contributed by atoms with Crippen molar-refractivity contribution in [1.29, 1.82) is 0 Å². The van der Waals surface area contributed by atoms with Gasteiger partial charge in [0.15, 0.2) is 5.13 Å². The number of halogens is 1. The highest BCUT2D eigenvalue weighted by molar-refractivity contribution is 7.98. The minimum absolute atomic E-state index is 0. The van der Waals surface area contributed by atoms with Gasteiger partial charge < -0.3 is 9.47 Å². The first-order valence-corrected chi connectivity index (χ1v) is 13.3. The van der Waals surface area contributed by atoms with Crippen LogP contribution in [0.5, 0.6) is 5.75 Å². The van der Waals surface area contributed by atoms with Crippen LogP contribution < -0.4 is 9.64 Å². The number of hydrogen-bond donors (Lipinski definition) is 0. The highest BCUT2D eigenvalue weighted by Crippen LogP contribution is 2.36. The molecule has 1 aromatic heterocycles. The highest BCUT2D eigenvalue weighted by Gasteiger charge is 2.26. The molecule has 2 heterocycles. The lowest BCUT2D eigenvalue weighted by Crippen LogP contribution is -2.43. The van der Waals surface area contributed by atoms with Crippen molar-refractivity contribution in [3.8, 4) is 5.75 Å². The maximum atomic E-state index is 14.0. The molecule has 5 rings (SSSR count). The molecule has 184 valence electrons. The van der Waals surface area contributed by atoms with Crippen LogP contribution in [0.3, 0.4) is 0 Å². The molecular weight excluding hydrogens is 502 g/mol. The molecule has 0 aliphatic carbocycles. The second-order valence-electron chi connectivity index (χ2n) is 8.11. The zero-order valence-electron chi connectivity index (χ0n) is 19.7. The Balaban J connectivity index is 0.00000289. The second kappa shape index (κ2) is 11.6. The van der Waals surface area contributed by atoms with Crippen LogP contribution in [-0.2, 0) is 4.74 Å². The number of carbonyl (C=O) groups excluding carboxylic acids is 1. The fraction of sp³-hybridized carbons (Fsp3) is 0.308. The van der Waals surface area contributed by atoms with Crippen LogP contribution in [0, 0.1) is 0 Å². The van der Waals surface area contributed by atoms with Crippen molar-refractivity contribution in [2.24, 2.45) is 0 Å². The third-order valence-corrected chi connectivity index (χ3v) is 7.92. The quantitative estimate of drug-likeness (QED) is 0.291. The predicted molar refractivity (Wildman–Crippen MR) is 148 cm³/mol. The Morgan fingerprint density at radius 3 is 2.60 bits per heavy atom. The molecule has 0 N–H and O–H groups in total. The maximum Gasteiger partial charge on any atom is 0.263 e. The number of rotatable bonds is 7. The Kier molecular flexibility index (Phi) is 8.51. The molecule has 1 aliphatic rings. The number of morpholine rings is 1. The number of thiazole rings is 1. The van der Waals surface area contributed by atoms with Crippen molar-refractivity contribution in [2.45, 2.75) is 4.90 Å². The lowest BCUT2D eigenvalue weighted by molar-refractivity contribution is 0.0391. The average Bonchev–Trinajstić information content (AvgIpc) is 3.32. The van der Waals surface area contributed by atoms with Crippen LogP contribution in [0.1, 0.15) is 10.4 Å². The molecule has 1 saturated heterocycles. The normalized spacial score (nSPS) is 14.1. The van der Waals surface area contributed by atoms with E-state index in [1.165, 1.54) is 0 Å². The van der Waals surface area contributed by atoms with Gasteiger partial charge in [0.1, 0.15) is 5.75 Å². The Hall–Kier alpha value is -2.36. The summed E-state index contributed by atoms with van der Waals surface area (Å²) in [4.78, 5) is 24.2. The van der Waals surface area contributed by atoms with Gasteiger partial charge in [0.25, 0.3) is 5.91 Å². The highest BCUT2D eigenvalue weighted by atomic mass is 35.5. The van der Waals surface area contributed by atoms with Gasteiger partial charge in [0, 0.05) is 31.1 Å². The van der Waals surface area contributed by atoms with E-state index >= 15 is 0 Å². The lowest BCUT2D eigenvalue weighted by Gasteiger charge is -2.29. The summed E-state index contributed by atoms with van der Waals surface area (Å²) in [5, 5.41) is 2.76. The van der Waals surface area contributed by atoms with Crippen LogP contribution in [0.2, 0.25) is 0 Å². The van der Waals surface area contributed by atoms with E-state index in [0.717, 1.165) is 58.7 Å². The first-order chi connectivity index (χ1) is 16.7. The van der Waals surface area contributed by atoms with E-state index in [9.17, 15) is 4.79 Å². The third kappa shape index (κ3) is 5.42. The van der Waals surface area contributed by atoms with E-state index in [1.807, 2.05) is 47.4 Å². The fourth-order valence-corrected chi connectivity index (χ4v) is 5.89. The van der Waals surface area contributed by atoms with Crippen LogP contribution in [0.15, 0.2) is 59.5 Å². The summed E-state index contributed by atoms with van der Waals surface area (Å²) in [5.74, 6) is 0.478. The van der Waals surface area contributed by atoms with Crippen molar-refractivity contribution >= 4 is 67.5 Å². The number of amides is 1. The van der Waals surface area contributed by atoms with Gasteiger partial charge in [-0.3, -0.25) is 14.6 Å². The Morgan fingerprint density at radius 2 is 1.89 bits per heavy atom. The first kappa shape index (κ1) is 25.7. The van der Waals surface area contributed by atoms with Crippen LogP contribution in [-0.4, -0.2) is 68.5 Å². The summed E-state index contributed by atoms with van der Waals surface area (Å²) in [5.41, 5.74) is 1.50. The summed E-state index contributed by atoms with van der Waals surface area (Å²) < 4.78 is 12.2. The number of benzene rings is 3. The summed E-state index contributed by atoms with van der Waals surface area (Å²) in [6, 6.07) is 18.1. The minimum atomic E-state index is -0.0966. The maximum absolute atomic E-state index is 14.0. The number of aromatic nitrogens is 1. The van der Waals surface area contributed by atoms with Crippen LogP contribution >= 0.6 is 35.5 Å². The number of para-hydroxylation sites is 1. The predicted octanol–water partition coefficient (Wildman–Crippen LogP) is 5.58. The topological polar surface area (TPSA) is 54.9 Å². The number of methoxy groups -OCH3 is 1. The number of anilines is 1. The zero-order chi connectivity index (χ0) is 23.5. The monoisotopic (exact) mass is 529 g/mol. The number of hydrogen-bond acceptors (Lipinski definition) is 7. The van der Waals surface area contributed by atoms with Gasteiger partial charge >= 0.3 is 0 Å². The molecule has 0 unspecified atom stereocenters. The van der Waals surface area contributed by atoms with Crippen molar-refractivity contribution in [1.82, 2.24) is 9.88 Å². The van der Waals surface area contributed by atoms with E-state index in [-0.39, 0.29) is 18.3 Å². The van der Waals surface area contributed by atoms with Crippen LogP contribution in [0.4, 0.5) is 5.13 Å². The van der Waals surface area contributed by atoms with Gasteiger partial charge in [0.05, 0.1) is 36.1 Å². The van der Waals surface area contributed by atoms with Gasteiger partial charge in [0.2, 0.25) is 0 Å². The van der Waals surface area contributed by atoms with E-state index in [0.29, 0.717) is 23.0 Å². The molecule has 0 atom stereocenters. The van der Waals surface area contributed by atoms with E-state index in [1.54, 1.807) is 30.2 Å². The summed E-state index contributed by atoms with van der Waals surface area (Å²) in [6.07, 6.45) is 2.05. The fourth-order valence-electron chi connectivity index (χ4n) is 4.24. The Morgan fingerprint density at radius 1 is 1.14 bits per heavy atom. The van der Waals surface area contributed by atoms with Crippen molar-refractivity contribution in [3.63, 3.8) is 0 Å². The molecule has 0 radical (unpaired) electrons. The molecule has 0 saturated carbocycles. The lowest BCUT2D eigenvalue weighted by atomic mass is 10.0. The molecule has 35 heavy (non-hydrogen) atoms. The third-order valence-electron chi connectivity index (χ3n) is 6.11. The molecule has 6 nitrogen and oxygen atoms in total. The van der Waals surface area contributed by atoms with Crippen LogP contribution in [0.25, 0.3) is 21.0 Å². The molecule has 1 aliphatic heterocycles. The smallest absolute Gasteiger partial charge is 0.263 e. The SMILES string of the molecule is COc1cc2ccccc2cc1C(=O)N(CCN1CCOCC1)c1nc2c(SC)cccc2s1.Cl. The largest absolute Gasteiger partial charge is 0.496 e. The molecule has 3 aromatic carbocycles. The van der Waals surface area contributed by atoms with Gasteiger partial charge in [-0.05, 0) is 41.3 Å². The average molecular weight is 530 g/mol. The molecular formula is C26H28ClN3O3S2. The standard InChI is InChI=1S/C26H27N3O3S2.ClH/c1-31-21-17-19-7-4-3-6-18(19)16-20(21)25(30)29(11-10-28-12-14-32-15-13-28)26-27-24-22(33-2)8-5-9-23(24)34-26;/h3-9,16-17H,10-15H2,1-2H3;1H. The Bertz CT molecular complexity index is 1320. The molecule has 1 amide bonds. The second-order valence-corrected chi connectivity index (χ2v) is 9.97. The molecule has 0 bridgehead atoms. The van der Waals surface area contributed by atoms with Gasteiger partial charge in [-0.2, -0.15) is 0 Å². The molecule has 4 aromatic rings. The van der Waals surface area contributed by atoms with E-state index in [2.05, 4.69) is 23.3 Å². The van der Waals surface area contributed by atoms with E-state index < -0.39 is 0 Å². The number of carbonyl (C=O) groups is 1. The summed E-state index contributed by atoms with van der Waals surface area (Å²) in [7, 11) is 1.61. The van der Waals surface area contributed by atoms with E-state index in [4.69, 9.17) is 14.5 Å². The van der Waals surface area contributed by atoms with Crippen molar-refractivity contribution in [2.75, 3.05) is 57.7 Å². The molecule has 9 heteroatoms. The minimum Gasteiger partial charge on any atom is -0.496 e. The summed E-state index contributed by atoms with van der Waals surface area (Å²) >= 11 is 3.23. The zero-order valence-corrected chi connectivity index (χ0v) is 22.2. The molecule has 0 spiro atoms. The van der Waals surface area contributed by atoms with Crippen molar-refractivity contribution < 1.29 is 14.3 Å². The van der Waals surface area contributed by atoms with Crippen molar-refractivity contribution in [3.05, 3.63) is 60.2 Å². The number of nitrogens with zero attached hydrogens (tertiary/aromatic N) is 3. The Labute approximate surface area is 219 Å². The number of thioether (sulfide) groups is 1. The number of ether oxygens (including phenoxy) is 2. The molecule has 1 fully saturated rings. The summed E-state index contributed by atoms with van der Waals surface area (Å²) in [6.45, 7) is 4.50. The first-order valence-electron chi connectivity index (χ1n) is 11.3. The van der Waals surface area contributed by atoms with Gasteiger partial charge in [-0.25, -0.2) is 4.98 Å².